The van der Waals surface area contributed by atoms with E-state index >= 15 is 0 Å². The first kappa shape index (κ1) is 12.4. The molecule has 0 N–H and O–H groups in total. The molecule has 2 aromatic rings. The van der Waals surface area contributed by atoms with Crippen molar-refractivity contribution in [1.29, 1.82) is 0 Å². The summed E-state index contributed by atoms with van der Waals surface area (Å²) in [5, 5.41) is 2.28. The number of amides is 1. The third-order valence-electron chi connectivity index (χ3n) is 3.62. The van der Waals surface area contributed by atoms with E-state index in [9.17, 15) is 4.79 Å². The Balaban J connectivity index is 1.88. The zero-order valence-corrected chi connectivity index (χ0v) is 11.3. The molecule has 1 amide bonds. The van der Waals surface area contributed by atoms with Gasteiger partial charge in [-0.25, -0.2) is 0 Å². The molecule has 1 saturated heterocycles. The summed E-state index contributed by atoms with van der Waals surface area (Å²) in [5.41, 5.74) is 1.10. The van der Waals surface area contributed by atoms with Gasteiger partial charge in [-0.2, -0.15) is 0 Å². The second-order valence-electron chi connectivity index (χ2n) is 5.02. The lowest BCUT2D eigenvalue weighted by atomic mass is 10.1. The molecule has 3 rings (SSSR count). The molecule has 4 heteroatoms. The molecular weight excluding hydrogens is 260 g/mol. The molecule has 2 heterocycles. The largest absolute Gasteiger partial charge is 0.338 e. The van der Waals surface area contributed by atoms with Crippen molar-refractivity contribution in [2.45, 2.75) is 13.0 Å². The first-order valence-electron chi connectivity index (χ1n) is 6.43. The Hall–Kier alpha value is -1.61. The van der Waals surface area contributed by atoms with Crippen molar-refractivity contribution >= 4 is 28.3 Å². The van der Waals surface area contributed by atoms with Crippen LogP contribution in [0.4, 0.5) is 0 Å². The predicted octanol–water partition coefficient (Wildman–Crippen LogP) is 2.82. The predicted molar refractivity (Wildman–Crippen MR) is 76.0 cm³/mol. The summed E-state index contributed by atoms with van der Waals surface area (Å²) in [7, 11) is 0. The summed E-state index contributed by atoms with van der Waals surface area (Å²) in [6.45, 7) is 1.38. The molecule has 1 aliphatic rings. The number of benzene rings is 1. The normalized spacial score (nSPS) is 19.3. The lowest BCUT2D eigenvalue weighted by Crippen LogP contribution is -2.24. The number of hydrogen-bond acceptors (Lipinski definition) is 2. The van der Waals surface area contributed by atoms with E-state index < -0.39 is 0 Å². The van der Waals surface area contributed by atoms with Crippen molar-refractivity contribution < 1.29 is 4.79 Å². The molecule has 1 aliphatic heterocycles. The zero-order valence-electron chi connectivity index (χ0n) is 10.6. The van der Waals surface area contributed by atoms with E-state index in [-0.39, 0.29) is 11.8 Å². The minimum atomic E-state index is 0.193. The standard InChI is InChI=1S/C15H15ClN2O/c16-6-11-5-15(19)18(9-11)10-13-8-17-7-12-3-1-2-4-14(12)13/h1-4,7-8,11H,5-6,9-10H2. The smallest absolute Gasteiger partial charge is 0.223 e. The van der Waals surface area contributed by atoms with E-state index in [2.05, 4.69) is 11.1 Å². The molecule has 1 fully saturated rings. The highest BCUT2D eigenvalue weighted by molar-refractivity contribution is 6.18. The average molecular weight is 275 g/mol. The molecule has 1 unspecified atom stereocenters. The highest BCUT2D eigenvalue weighted by atomic mass is 35.5. The number of rotatable bonds is 3. The van der Waals surface area contributed by atoms with Crippen molar-refractivity contribution in [2.24, 2.45) is 5.92 Å². The van der Waals surface area contributed by atoms with Gasteiger partial charge in [-0.15, -0.1) is 11.6 Å². The van der Waals surface area contributed by atoms with E-state index in [1.807, 2.05) is 35.5 Å². The minimum absolute atomic E-state index is 0.193. The third kappa shape index (κ3) is 2.43. The number of aromatic nitrogens is 1. The number of carbonyl (C=O) groups is 1. The Morgan fingerprint density at radius 3 is 2.95 bits per heavy atom. The minimum Gasteiger partial charge on any atom is -0.338 e. The lowest BCUT2D eigenvalue weighted by Gasteiger charge is -2.17. The number of carbonyl (C=O) groups excluding carboxylic acids is 1. The summed E-state index contributed by atoms with van der Waals surface area (Å²) >= 11 is 5.85. The van der Waals surface area contributed by atoms with Gasteiger partial charge in [-0.05, 0) is 16.9 Å². The van der Waals surface area contributed by atoms with Crippen molar-refractivity contribution in [3.63, 3.8) is 0 Å². The summed E-state index contributed by atoms with van der Waals surface area (Å²) in [5.74, 6) is 1.03. The van der Waals surface area contributed by atoms with Gasteiger partial charge >= 0.3 is 0 Å². The molecule has 3 nitrogen and oxygen atoms in total. The van der Waals surface area contributed by atoms with Gasteiger partial charge < -0.3 is 4.90 Å². The van der Waals surface area contributed by atoms with Crippen LogP contribution in [0.25, 0.3) is 10.8 Å². The summed E-state index contributed by atoms with van der Waals surface area (Å²) in [6, 6.07) is 8.13. The Labute approximate surface area is 117 Å². The average Bonchev–Trinajstić information content (AvgIpc) is 2.80. The number of nitrogens with zero attached hydrogens (tertiary/aromatic N) is 2. The van der Waals surface area contributed by atoms with Crippen LogP contribution < -0.4 is 0 Å². The topological polar surface area (TPSA) is 33.2 Å². The molecule has 0 bridgehead atoms. The van der Waals surface area contributed by atoms with Crippen molar-refractivity contribution in [1.82, 2.24) is 9.88 Å². The maximum Gasteiger partial charge on any atom is 0.223 e. The zero-order chi connectivity index (χ0) is 13.2. The molecular formula is C15H15ClN2O. The van der Waals surface area contributed by atoms with Crippen molar-refractivity contribution in [2.75, 3.05) is 12.4 Å². The van der Waals surface area contributed by atoms with E-state index in [1.165, 1.54) is 5.39 Å². The van der Waals surface area contributed by atoms with Gasteiger partial charge in [0.25, 0.3) is 0 Å². The lowest BCUT2D eigenvalue weighted by molar-refractivity contribution is -0.128. The van der Waals surface area contributed by atoms with Gasteiger partial charge in [0, 0.05) is 43.2 Å². The molecule has 0 aliphatic carbocycles. The monoisotopic (exact) mass is 274 g/mol. The molecule has 0 spiro atoms. The fraction of sp³-hybridized carbons (Fsp3) is 0.333. The maximum atomic E-state index is 11.9. The number of likely N-dealkylation sites (tertiary alicyclic amines) is 1. The third-order valence-corrected chi connectivity index (χ3v) is 4.06. The van der Waals surface area contributed by atoms with E-state index in [0.717, 1.165) is 17.5 Å². The number of hydrogen-bond donors (Lipinski definition) is 0. The highest BCUT2D eigenvalue weighted by Crippen LogP contribution is 2.24. The number of pyridine rings is 1. The van der Waals surface area contributed by atoms with Crippen LogP contribution in [-0.2, 0) is 11.3 Å². The quantitative estimate of drug-likeness (QED) is 0.807. The van der Waals surface area contributed by atoms with Crippen LogP contribution in [0, 0.1) is 5.92 Å². The fourth-order valence-electron chi connectivity index (χ4n) is 2.62. The van der Waals surface area contributed by atoms with Gasteiger partial charge in [-0.3, -0.25) is 9.78 Å². The van der Waals surface area contributed by atoms with Crippen molar-refractivity contribution in [3.8, 4) is 0 Å². The number of alkyl halides is 1. The molecule has 1 atom stereocenters. The van der Waals surface area contributed by atoms with Crippen molar-refractivity contribution in [3.05, 3.63) is 42.2 Å². The molecule has 1 aromatic carbocycles. The first-order chi connectivity index (χ1) is 9.28. The fourth-order valence-corrected chi connectivity index (χ4v) is 2.83. The van der Waals surface area contributed by atoms with Crippen LogP contribution in [0.2, 0.25) is 0 Å². The van der Waals surface area contributed by atoms with Crippen LogP contribution >= 0.6 is 11.6 Å². The molecule has 1 aromatic heterocycles. The van der Waals surface area contributed by atoms with E-state index in [4.69, 9.17) is 11.6 Å². The van der Waals surface area contributed by atoms with Crippen LogP contribution in [-0.4, -0.2) is 28.2 Å². The van der Waals surface area contributed by atoms with Gasteiger partial charge in [0.2, 0.25) is 5.91 Å². The summed E-state index contributed by atoms with van der Waals surface area (Å²) in [6.07, 6.45) is 4.28. The van der Waals surface area contributed by atoms with Gasteiger partial charge in [0.1, 0.15) is 0 Å². The Morgan fingerprint density at radius 1 is 1.32 bits per heavy atom. The van der Waals surface area contributed by atoms with Crippen LogP contribution in [0.3, 0.4) is 0 Å². The molecule has 0 radical (unpaired) electrons. The Morgan fingerprint density at radius 2 is 2.16 bits per heavy atom. The highest BCUT2D eigenvalue weighted by Gasteiger charge is 2.29. The van der Waals surface area contributed by atoms with Gasteiger partial charge in [0.15, 0.2) is 0 Å². The SMILES string of the molecule is O=C1CC(CCl)CN1Cc1cncc2ccccc12. The maximum absolute atomic E-state index is 11.9. The molecule has 0 saturated carbocycles. The van der Waals surface area contributed by atoms with Gasteiger partial charge in [0.05, 0.1) is 0 Å². The number of fused-ring (bicyclic) bond motifs is 1. The van der Waals surface area contributed by atoms with Crippen LogP contribution in [0.15, 0.2) is 36.7 Å². The summed E-state index contributed by atoms with van der Waals surface area (Å²) in [4.78, 5) is 18.1. The van der Waals surface area contributed by atoms with Crippen LogP contribution in [0.5, 0.6) is 0 Å². The second-order valence-corrected chi connectivity index (χ2v) is 5.33. The van der Waals surface area contributed by atoms with Crippen LogP contribution in [0.1, 0.15) is 12.0 Å². The van der Waals surface area contributed by atoms with Gasteiger partial charge in [-0.1, -0.05) is 24.3 Å². The van der Waals surface area contributed by atoms with E-state index in [1.54, 1.807) is 0 Å². The second kappa shape index (κ2) is 5.17. The molecule has 98 valence electrons. The number of halogens is 1. The Kier molecular flexibility index (Phi) is 3.38. The van der Waals surface area contributed by atoms with E-state index in [0.29, 0.717) is 18.8 Å². The Bertz CT molecular complexity index is 609. The summed E-state index contributed by atoms with van der Waals surface area (Å²) < 4.78 is 0. The molecule has 19 heavy (non-hydrogen) atoms. The first-order valence-corrected chi connectivity index (χ1v) is 6.96.